The summed E-state index contributed by atoms with van der Waals surface area (Å²) in [7, 11) is 1.62. The van der Waals surface area contributed by atoms with Crippen LogP contribution in [-0.4, -0.2) is 53.9 Å². The molecule has 2 aromatic rings. The number of aromatic nitrogens is 2. The average Bonchev–Trinajstić information content (AvgIpc) is 3.10. The number of hydrogen-bond acceptors (Lipinski definition) is 5. The van der Waals surface area contributed by atoms with Crippen molar-refractivity contribution < 1.29 is 22.7 Å². The van der Waals surface area contributed by atoms with E-state index in [2.05, 4.69) is 10.00 Å². The lowest BCUT2D eigenvalue weighted by molar-refractivity contribution is -0.142. The van der Waals surface area contributed by atoms with Crippen molar-refractivity contribution in [1.82, 2.24) is 14.7 Å². The van der Waals surface area contributed by atoms with Crippen LogP contribution >= 0.6 is 0 Å². The van der Waals surface area contributed by atoms with Crippen molar-refractivity contribution in [1.29, 1.82) is 0 Å². The lowest BCUT2D eigenvalue weighted by atomic mass is 10.1. The quantitative estimate of drug-likeness (QED) is 0.748. The van der Waals surface area contributed by atoms with Crippen LogP contribution in [0.2, 0.25) is 0 Å². The van der Waals surface area contributed by atoms with Gasteiger partial charge in [-0.05, 0) is 25.5 Å². The van der Waals surface area contributed by atoms with Gasteiger partial charge in [0.15, 0.2) is 5.69 Å². The van der Waals surface area contributed by atoms with Gasteiger partial charge in [-0.1, -0.05) is 19.9 Å². The van der Waals surface area contributed by atoms with Gasteiger partial charge in [0.2, 0.25) is 5.91 Å². The molecule has 0 saturated carbocycles. The number of anilines is 1. The number of benzene rings is 1. The largest absolute Gasteiger partial charge is 0.496 e. The van der Waals surface area contributed by atoms with E-state index in [9.17, 15) is 18.0 Å². The Hall–Kier alpha value is -2.75. The number of amides is 1. The molecule has 32 heavy (non-hydrogen) atoms. The SMILES string of the molecule is CC.COc1cc(N2CCN(C(=O)Cn3nc(C(F)(F)F)c(C)c3CN)CC2)ccc1C. The highest BCUT2D eigenvalue weighted by Crippen LogP contribution is 2.32. The number of hydrogen-bond donors (Lipinski definition) is 1. The predicted molar refractivity (Wildman–Crippen MR) is 118 cm³/mol. The first-order chi connectivity index (χ1) is 15.2. The van der Waals surface area contributed by atoms with Gasteiger partial charge in [-0.2, -0.15) is 18.3 Å². The lowest BCUT2D eigenvalue weighted by Crippen LogP contribution is -2.49. The Morgan fingerprint density at radius 1 is 1.16 bits per heavy atom. The second-order valence-corrected chi connectivity index (χ2v) is 7.30. The topological polar surface area (TPSA) is 76.6 Å². The molecule has 1 amide bonds. The van der Waals surface area contributed by atoms with Gasteiger partial charge in [0.25, 0.3) is 0 Å². The van der Waals surface area contributed by atoms with Crippen LogP contribution in [0, 0.1) is 13.8 Å². The van der Waals surface area contributed by atoms with Gasteiger partial charge in [-0.3, -0.25) is 9.48 Å². The Labute approximate surface area is 186 Å². The number of ether oxygens (including phenoxy) is 1. The summed E-state index contributed by atoms with van der Waals surface area (Å²) in [5.41, 5.74) is 6.86. The van der Waals surface area contributed by atoms with E-state index in [4.69, 9.17) is 10.5 Å². The van der Waals surface area contributed by atoms with Crippen LogP contribution in [0.5, 0.6) is 5.75 Å². The van der Waals surface area contributed by atoms with Crippen molar-refractivity contribution in [3.05, 3.63) is 40.7 Å². The first-order valence-corrected chi connectivity index (χ1v) is 10.7. The highest BCUT2D eigenvalue weighted by atomic mass is 19.4. The average molecular weight is 456 g/mol. The molecule has 1 aromatic carbocycles. The molecule has 1 aliphatic heterocycles. The van der Waals surface area contributed by atoms with Crippen LogP contribution in [0.25, 0.3) is 0 Å². The third-order valence-electron chi connectivity index (χ3n) is 5.46. The molecule has 10 heteroatoms. The zero-order chi connectivity index (χ0) is 24.1. The molecule has 0 atom stereocenters. The van der Waals surface area contributed by atoms with Gasteiger partial charge in [-0.15, -0.1) is 0 Å². The summed E-state index contributed by atoms with van der Waals surface area (Å²) in [6.45, 7) is 9.09. The number of piperazine rings is 1. The highest BCUT2D eigenvalue weighted by molar-refractivity contribution is 5.76. The van der Waals surface area contributed by atoms with Crippen LogP contribution in [0.1, 0.15) is 36.4 Å². The number of aryl methyl sites for hydroxylation is 1. The summed E-state index contributed by atoms with van der Waals surface area (Å²) >= 11 is 0. The van der Waals surface area contributed by atoms with Gasteiger partial charge in [0.1, 0.15) is 12.3 Å². The van der Waals surface area contributed by atoms with E-state index in [0.29, 0.717) is 26.2 Å². The Kier molecular flexibility index (Phi) is 8.54. The Morgan fingerprint density at radius 3 is 2.31 bits per heavy atom. The molecule has 1 aliphatic rings. The van der Waals surface area contributed by atoms with Gasteiger partial charge in [0, 0.05) is 50.0 Å². The van der Waals surface area contributed by atoms with Gasteiger partial charge in [-0.25, -0.2) is 0 Å². The number of nitrogens with two attached hydrogens (primary N) is 1. The second-order valence-electron chi connectivity index (χ2n) is 7.30. The van der Waals surface area contributed by atoms with E-state index in [1.165, 1.54) is 6.92 Å². The third kappa shape index (κ3) is 5.53. The van der Waals surface area contributed by atoms with Crippen molar-refractivity contribution in [3.63, 3.8) is 0 Å². The first kappa shape index (κ1) is 25.5. The Bertz CT molecular complexity index is 919. The number of rotatable bonds is 5. The fourth-order valence-corrected chi connectivity index (χ4v) is 3.69. The summed E-state index contributed by atoms with van der Waals surface area (Å²) in [4.78, 5) is 16.5. The molecule has 1 saturated heterocycles. The van der Waals surface area contributed by atoms with Gasteiger partial charge in [0.05, 0.1) is 12.8 Å². The van der Waals surface area contributed by atoms with E-state index in [1.54, 1.807) is 12.0 Å². The fraction of sp³-hybridized carbons (Fsp3) is 0.545. The monoisotopic (exact) mass is 455 g/mol. The normalized spacial score (nSPS) is 14.2. The van der Waals surface area contributed by atoms with Crippen molar-refractivity contribution in [2.24, 2.45) is 5.73 Å². The number of methoxy groups -OCH3 is 1. The molecular weight excluding hydrogens is 423 g/mol. The lowest BCUT2D eigenvalue weighted by Gasteiger charge is -2.36. The minimum absolute atomic E-state index is 0.0315. The minimum atomic E-state index is -4.58. The molecule has 0 aliphatic carbocycles. The standard InChI is InChI=1S/C20H26F3N5O2.C2H6/c1-13-4-5-15(10-17(13)30-3)26-6-8-27(9-7-26)18(29)12-28-16(11-24)14(2)19(25-28)20(21,22)23;1-2/h4-5,10H,6-9,11-12,24H2,1-3H3;1-2H3. The van der Waals surface area contributed by atoms with Crippen molar-refractivity contribution in [2.75, 3.05) is 38.2 Å². The molecule has 1 fully saturated rings. The van der Waals surface area contributed by atoms with E-state index in [-0.39, 0.29) is 30.3 Å². The minimum Gasteiger partial charge on any atom is -0.496 e. The molecule has 2 N–H and O–H groups in total. The van der Waals surface area contributed by atoms with Crippen molar-refractivity contribution in [3.8, 4) is 5.75 Å². The summed E-state index contributed by atoms with van der Waals surface area (Å²) < 4.78 is 45.8. The summed E-state index contributed by atoms with van der Waals surface area (Å²) in [5, 5.41) is 3.62. The van der Waals surface area contributed by atoms with Crippen LogP contribution in [0.15, 0.2) is 18.2 Å². The number of carbonyl (C=O) groups is 1. The zero-order valence-corrected chi connectivity index (χ0v) is 19.3. The van der Waals surface area contributed by atoms with E-state index in [1.807, 2.05) is 39.0 Å². The number of alkyl halides is 3. The maximum Gasteiger partial charge on any atom is 0.435 e. The molecule has 0 spiro atoms. The van der Waals surface area contributed by atoms with Gasteiger partial charge >= 0.3 is 6.18 Å². The molecule has 7 nitrogen and oxygen atoms in total. The first-order valence-electron chi connectivity index (χ1n) is 10.7. The van der Waals surface area contributed by atoms with Crippen LogP contribution < -0.4 is 15.4 Å². The maximum absolute atomic E-state index is 13.1. The Balaban J connectivity index is 0.00000176. The highest BCUT2D eigenvalue weighted by Gasteiger charge is 2.38. The molecule has 3 rings (SSSR count). The van der Waals surface area contributed by atoms with Crippen LogP contribution in [0.3, 0.4) is 0 Å². The summed E-state index contributed by atoms with van der Waals surface area (Å²) in [6.07, 6.45) is -4.58. The number of carbonyl (C=O) groups excluding carboxylic acids is 1. The van der Waals surface area contributed by atoms with Gasteiger partial charge < -0.3 is 20.3 Å². The predicted octanol–water partition coefficient (Wildman–Crippen LogP) is 3.36. The summed E-state index contributed by atoms with van der Waals surface area (Å²) in [6, 6.07) is 5.96. The molecule has 0 unspecified atom stereocenters. The maximum atomic E-state index is 13.1. The number of nitrogens with zero attached hydrogens (tertiary/aromatic N) is 4. The van der Waals surface area contributed by atoms with Crippen LogP contribution in [0.4, 0.5) is 18.9 Å². The number of halogens is 3. The summed E-state index contributed by atoms with van der Waals surface area (Å²) in [5.74, 6) is 0.525. The van der Waals surface area contributed by atoms with Crippen molar-refractivity contribution in [2.45, 2.75) is 47.0 Å². The zero-order valence-electron chi connectivity index (χ0n) is 19.3. The van der Waals surface area contributed by atoms with Crippen LogP contribution in [-0.2, 0) is 24.1 Å². The molecule has 1 aromatic heterocycles. The smallest absolute Gasteiger partial charge is 0.435 e. The Morgan fingerprint density at radius 2 is 1.78 bits per heavy atom. The molecule has 0 bridgehead atoms. The third-order valence-corrected chi connectivity index (χ3v) is 5.46. The van der Waals surface area contributed by atoms with Crippen molar-refractivity contribution >= 4 is 11.6 Å². The second kappa shape index (κ2) is 10.7. The van der Waals surface area contributed by atoms with E-state index < -0.39 is 11.9 Å². The molecular formula is C22H32F3N5O2. The fourth-order valence-electron chi connectivity index (χ4n) is 3.69. The molecule has 178 valence electrons. The molecule has 2 heterocycles. The van der Waals surface area contributed by atoms with E-state index in [0.717, 1.165) is 21.7 Å². The molecule has 0 radical (unpaired) electrons. The van der Waals surface area contributed by atoms with E-state index >= 15 is 0 Å².